The van der Waals surface area contributed by atoms with Crippen LogP contribution in [0.3, 0.4) is 0 Å². The maximum Gasteiger partial charge on any atom is 0.159 e. The maximum atomic E-state index is 11.4. The molecule has 0 bridgehead atoms. The smallest absolute Gasteiger partial charge is 0.159 e. The normalized spacial score (nSPS) is 16.3. The second-order valence-corrected chi connectivity index (χ2v) is 5.13. The van der Waals surface area contributed by atoms with E-state index in [1.54, 1.807) is 6.92 Å². The molecule has 0 radical (unpaired) electrons. The van der Waals surface area contributed by atoms with Crippen molar-refractivity contribution in [2.24, 2.45) is 0 Å². The number of Topliss-reactive ketones (excluding diaryl/α,β-unsaturated/α-hetero) is 1. The van der Waals surface area contributed by atoms with Gasteiger partial charge in [-0.2, -0.15) is 0 Å². The highest BCUT2D eigenvalue weighted by Gasteiger charge is 2.17. The fourth-order valence-electron chi connectivity index (χ4n) is 2.47. The van der Waals surface area contributed by atoms with Crippen LogP contribution in [0, 0.1) is 0 Å². The molecule has 1 aromatic rings. The summed E-state index contributed by atoms with van der Waals surface area (Å²) in [5, 5.41) is 9.38. The third kappa shape index (κ3) is 2.91. The number of aliphatic hydroxyl groups is 1. The minimum Gasteiger partial charge on any atom is -0.393 e. The molecule has 0 amide bonds. The molecule has 1 atom stereocenters. The van der Waals surface area contributed by atoms with Gasteiger partial charge in [0.2, 0.25) is 0 Å². The van der Waals surface area contributed by atoms with Gasteiger partial charge in [-0.15, -0.1) is 0 Å². The molecule has 0 aromatic heterocycles. The highest BCUT2D eigenvalue weighted by atomic mass is 16.3. The number of hydrogen-bond acceptors (Lipinski definition) is 3. The van der Waals surface area contributed by atoms with Gasteiger partial charge in [-0.3, -0.25) is 4.79 Å². The molecule has 0 aliphatic carbocycles. The maximum absolute atomic E-state index is 11.4. The summed E-state index contributed by atoms with van der Waals surface area (Å²) in [6.07, 6.45) is 2.69. The molecule has 1 aromatic carbocycles. The number of nitrogens with zero attached hydrogens (tertiary/aromatic N) is 1. The van der Waals surface area contributed by atoms with Crippen molar-refractivity contribution in [2.75, 3.05) is 18.0 Å². The van der Waals surface area contributed by atoms with Gasteiger partial charge in [-0.05, 0) is 56.9 Å². The molecule has 18 heavy (non-hydrogen) atoms. The Morgan fingerprint density at radius 2 is 2.28 bits per heavy atom. The first-order valence-corrected chi connectivity index (χ1v) is 6.65. The number of carbonyl (C=O) groups excluding carboxylic acids is 1. The van der Waals surface area contributed by atoms with Crippen LogP contribution in [0.15, 0.2) is 18.2 Å². The van der Waals surface area contributed by atoms with Crippen LogP contribution in [0.4, 0.5) is 5.69 Å². The van der Waals surface area contributed by atoms with E-state index in [0.29, 0.717) is 0 Å². The highest BCUT2D eigenvalue weighted by Crippen LogP contribution is 2.28. The number of benzene rings is 1. The van der Waals surface area contributed by atoms with Gasteiger partial charge >= 0.3 is 0 Å². The minimum absolute atomic E-state index is 0.124. The van der Waals surface area contributed by atoms with E-state index in [-0.39, 0.29) is 11.9 Å². The monoisotopic (exact) mass is 247 g/mol. The van der Waals surface area contributed by atoms with Crippen molar-refractivity contribution in [3.8, 4) is 0 Å². The average molecular weight is 247 g/mol. The third-order valence-corrected chi connectivity index (χ3v) is 3.52. The van der Waals surface area contributed by atoms with E-state index in [1.807, 2.05) is 25.1 Å². The molecule has 0 fully saturated rings. The molecule has 0 saturated heterocycles. The van der Waals surface area contributed by atoms with Crippen LogP contribution < -0.4 is 4.90 Å². The number of ketones is 1. The number of anilines is 1. The summed E-state index contributed by atoms with van der Waals surface area (Å²) < 4.78 is 0. The predicted octanol–water partition coefficient (Wildman–Crippen LogP) is 2.41. The summed E-state index contributed by atoms with van der Waals surface area (Å²) in [5.41, 5.74) is 3.29. The van der Waals surface area contributed by atoms with Crippen LogP contribution in [-0.2, 0) is 6.42 Å². The lowest BCUT2D eigenvalue weighted by atomic mass is 9.98. The summed E-state index contributed by atoms with van der Waals surface area (Å²) in [5.74, 6) is 0.124. The molecule has 1 aliphatic heterocycles. The Morgan fingerprint density at radius 3 is 2.94 bits per heavy atom. The van der Waals surface area contributed by atoms with Gasteiger partial charge in [0.15, 0.2) is 5.78 Å². The topological polar surface area (TPSA) is 40.5 Å². The van der Waals surface area contributed by atoms with Crippen LogP contribution in [0.5, 0.6) is 0 Å². The first-order valence-electron chi connectivity index (χ1n) is 6.65. The van der Waals surface area contributed by atoms with Gasteiger partial charge in [-0.1, -0.05) is 0 Å². The summed E-state index contributed by atoms with van der Waals surface area (Å²) in [6, 6.07) is 5.97. The minimum atomic E-state index is -0.258. The van der Waals surface area contributed by atoms with Crippen molar-refractivity contribution in [3.63, 3.8) is 0 Å². The van der Waals surface area contributed by atoms with E-state index in [0.717, 1.165) is 37.9 Å². The number of rotatable bonds is 4. The standard InChI is InChI=1S/C15H21NO2/c1-11(17)7-9-16-8-3-4-14-10-13(12(2)18)5-6-15(14)16/h5-6,10-11,17H,3-4,7-9H2,1-2H3. The lowest BCUT2D eigenvalue weighted by Crippen LogP contribution is -2.31. The lowest BCUT2D eigenvalue weighted by molar-refractivity contribution is 0.101. The van der Waals surface area contributed by atoms with Crippen LogP contribution in [0.1, 0.15) is 42.6 Å². The van der Waals surface area contributed by atoms with Crippen molar-refractivity contribution in [1.29, 1.82) is 0 Å². The van der Waals surface area contributed by atoms with Gasteiger partial charge < -0.3 is 10.0 Å². The Kier molecular flexibility index (Phi) is 4.02. The third-order valence-electron chi connectivity index (χ3n) is 3.52. The Bertz CT molecular complexity index is 440. The average Bonchev–Trinajstić information content (AvgIpc) is 2.35. The Hall–Kier alpha value is -1.35. The molecular formula is C15H21NO2. The molecule has 2 rings (SSSR count). The number of aliphatic hydroxyl groups excluding tert-OH is 1. The second-order valence-electron chi connectivity index (χ2n) is 5.13. The van der Waals surface area contributed by atoms with E-state index in [2.05, 4.69) is 4.90 Å². The Labute approximate surface area is 108 Å². The zero-order valence-corrected chi connectivity index (χ0v) is 11.1. The largest absolute Gasteiger partial charge is 0.393 e. The number of fused-ring (bicyclic) bond motifs is 1. The SMILES string of the molecule is CC(=O)c1ccc2c(c1)CCCN2CCC(C)O. The Morgan fingerprint density at radius 1 is 1.50 bits per heavy atom. The molecule has 0 saturated carbocycles. The van der Waals surface area contributed by atoms with Crippen molar-refractivity contribution >= 4 is 11.5 Å². The van der Waals surface area contributed by atoms with Gasteiger partial charge in [0, 0.05) is 24.3 Å². The number of hydrogen-bond donors (Lipinski definition) is 1. The molecule has 98 valence electrons. The van der Waals surface area contributed by atoms with Crippen molar-refractivity contribution in [3.05, 3.63) is 29.3 Å². The van der Waals surface area contributed by atoms with E-state index >= 15 is 0 Å². The summed E-state index contributed by atoms with van der Waals surface area (Å²) >= 11 is 0. The number of carbonyl (C=O) groups is 1. The fourth-order valence-corrected chi connectivity index (χ4v) is 2.47. The quantitative estimate of drug-likeness (QED) is 0.831. The van der Waals surface area contributed by atoms with E-state index < -0.39 is 0 Å². The van der Waals surface area contributed by atoms with Gasteiger partial charge in [-0.25, -0.2) is 0 Å². The van der Waals surface area contributed by atoms with Crippen molar-refractivity contribution in [1.82, 2.24) is 0 Å². The van der Waals surface area contributed by atoms with Gasteiger partial charge in [0.25, 0.3) is 0 Å². The van der Waals surface area contributed by atoms with Crippen LogP contribution in [-0.4, -0.2) is 30.1 Å². The Balaban J connectivity index is 2.19. The fraction of sp³-hybridized carbons (Fsp3) is 0.533. The molecule has 1 heterocycles. The predicted molar refractivity (Wildman–Crippen MR) is 73.3 cm³/mol. The van der Waals surface area contributed by atoms with Crippen LogP contribution in [0.25, 0.3) is 0 Å². The molecular weight excluding hydrogens is 226 g/mol. The van der Waals surface area contributed by atoms with Crippen LogP contribution in [0.2, 0.25) is 0 Å². The first kappa shape index (κ1) is 13.1. The van der Waals surface area contributed by atoms with Crippen molar-refractivity contribution in [2.45, 2.75) is 39.2 Å². The number of aryl methyl sites for hydroxylation is 1. The first-order chi connectivity index (χ1) is 8.58. The van der Waals surface area contributed by atoms with E-state index in [9.17, 15) is 9.90 Å². The molecule has 3 nitrogen and oxygen atoms in total. The van der Waals surface area contributed by atoms with Gasteiger partial charge in [0.05, 0.1) is 6.10 Å². The summed E-state index contributed by atoms with van der Waals surface area (Å²) in [7, 11) is 0. The molecule has 1 N–H and O–H groups in total. The van der Waals surface area contributed by atoms with Gasteiger partial charge in [0.1, 0.15) is 0 Å². The van der Waals surface area contributed by atoms with E-state index in [1.165, 1.54) is 11.3 Å². The summed E-state index contributed by atoms with van der Waals surface area (Å²) in [4.78, 5) is 13.7. The summed E-state index contributed by atoms with van der Waals surface area (Å²) in [6.45, 7) is 5.35. The highest BCUT2D eigenvalue weighted by molar-refractivity contribution is 5.94. The van der Waals surface area contributed by atoms with Crippen LogP contribution >= 0.6 is 0 Å². The molecule has 0 spiro atoms. The van der Waals surface area contributed by atoms with Crippen molar-refractivity contribution < 1.29 is 9.90 Å². The lowest BCUT2D eigenvalue weighted by Gasteiger charge is -2.32. The molecule has 1 aliphatic rings. The molecule has 3 heteroatoms. The zero-order valence-electron chi connectivity index (χ0n) is 11.1. The second kappa shape index (κ2) is 5.53. The van der Waals surface area contributed by atoms with E-state index in [4.69, 9.17) is 0 Å². The molecule has 1 unspecified atom stereocenters. The zero-order chi connectivity index (χ0) is 13.1.